The van der Waals surface area contributed by atoms with E-state index in [-0.39, 0.29) is 23.3 Å². The summed E-state index contributed by atoms with van der Waals surface area (Å²) in [5.74, 6) is -0.968. The van der Waals surface area contributed by atoms with Crippen LogP contribution in [0, 0.1) is 11.7 Å². The Morgan fingerprint density at radius 2 is 1.73 bits per heavy atom. The summed E-state index contributed by atoms with van der Waals surface area (Å²) in [4.78, 5) is 23.1. The van der Waals surface area contributed by atoms with Crippen LogP contribution in [0.3, 0.4) is 0 Å². The molecule has 1 atom stereocenters. The zero-order valence-electron chi connectivity index (χ0n) is 15.2. The quantitative estimate of drug-likeness (QED) is 0.717. The standard InChI is InChI=1S/C18H25FN2O5/c1-10(13-8-15(25-2)16(26-3)9-14(13)19)20-18(24)21-12-6-4-11(5-7-12)17(22)23/h8-12H,4-7H2,1-3H3,(H,22,23)(H2,20,21,24). The summed E-state index contributed by atoms with van der Waals surface area (Å²) in [6, 6.07) is 1.65. The highest BCUT2D eigenvalue weighted by Crippen LogP contribution is 2.32. The number of ether oxygens (including phenoxy) is 2. The zero-order chi connectivity index (χ0) is 19.3. The molecule has 7 nitrogen and oxygen atoms in total. The number of benzene rings is 1. The van der Waals surface area contributed by atoms with Crippen LogP contribution in [0.25, 0.3) is 0 Å². The van der Waals surface area contributed by atoms with E-state index in [1.165, 1.54) is 26.4 Å². The average molecular weight is 368 g/mol. The monoisotopic (exact) mass is 368 g/mol. The number of aliphatic carboxylic acids is 1. The van der Waals surface area contributed by atoms with Gasteiger partial charge in [0.05, 0.1) is 26.2 Å². The van der Waals surface area contributed by atoms with Gasteiger partial charge in [-0.05, 0) is 38.7 Å². The summed E-state index contributed by atoms with van der Waals surface area (Å²) in [6.07, 6.45) is 2.31. The largest absolute Gasteiger partial charge is 0.493 e. The van der Waals surface area contributed by atoms with Crippen LogP contribution in [-0.4, -0.2) is 37.4 Å². The lowest BCUT2D eigenvalue weighted by Gasteiger charge is -2.27. The number of carbonyl (C=O) groups excluding carboxylic acids is 1. The molecule has 1 aromatic rings. The fourth-order valence-corrected chi connectivity index (χ4v) is 3.19. The Morgan fingerprint density at radius 1 is 1.15 bits per heavy atom. The van der Waals surface area contributed by atoms with Crippen LogP contribution < -0.4 is 20.1 Å². The van der Waals surface area contributed by atoms with Gasteiger partial charge in [-0.1, -0.05) is 0 Å². The number of carbonyl (C=O) groups is 2. The fraction of sp³-hybridized carbons (Fsp3) is 0.556. The van der Waals surface area contributed by atoms with Gasteiger partial charge in [0, 0.05) is 17.7 Å². The second-order valence-electron chi connectivity index (χ2n) is 6.45. The van der Waals surface area contributed by atoms with Gasteiger partial charge in [0.25, 0.3) is 0 Å². The maximum Gasteiger partial charge on any atom is 0.315 e. The van der Waals surface area contributed by atoms with Gasteiger partial charge < -0.3 is 25.2 Å². The number of carboxylic acid groups (broad SMARTS) is 1. The van der Waals surface area contributed by atoms with Crippen LogP contribution in [0.4, 0.5) is 9.18 Å². The predicted octanol–water partition coefficient (Wildman–Crippen LogP) is 2.85. The highest BCUT2D eigenvalue weighted by molar-refractivity contribution is 5.75. The number of methoxy groups -OCH3 is 2. The molecular formula is C18H25FN2O5. The Morgan fingerprint density at radius 3 is 2.27 bits per heavy atom. The van der Waals surface area contributed by atoms with E-state index in [4.69, 9.17) is 14.6 Å². The van der Waals surface area contributed by atoms with Crippen LogP contribution in [0.2, 0.25) is 0 Å². The van der Waals surface area contributed by atoms with Crippen LogP contribution in [0.1, 0.15) is 44.2 Å². The molecule has 0 heterocycles. The Kier molecular flexibility index (Phi) is 6.65. The van der Waals surface area contributed by atoms with Crippen molar-refractivity contribution < 1.29 is 28.6 Å². The Bertz CT molecular complexity index is 659. The molecule has 1 aliphatic rings. The summed E-state index contributed by atoms with van der Waals surface area (Å²) in [6.45, 7) is 1.67. The predicted molar refractivity (Wildman–Crippen MR) is 93.0 cm³/mol. The van der Waals surface area contributed by atoms with Gasteiger partial charge in [0.15, 0.2) is 11.5 Å². The number of amides is 2. The molecule has 0 spiro atoms. The maximum atomic E-state index is 14.3. The molecule has 1 saturated carbocycles. The second kappa shape index (κ2) is 8.73. The summed E-state index contributed by atoms with van der Waals surface area (Å²) in [5, 5.41) is 14.5. The van der Waals surface area contributed by atoms with E-state index < -0.39 is 23.9 Å². The maximum absolute atomic E-state index is 14.3. The fourth-order valence-electron chi connectivity index (χ4n) is 3.19. The van der Waals surface area contributed by atoms with Gasteiger partial charge in [0.2, 0.25) is 0 Å². The van der Waals surface area contributed by atoms with Crippen molar-refractivity contribution in [2.45, 2.75) is 44.7 Å². The number of rotatable bonds is 6. The number of nitrogens with one attached hydrogen (secondary N) is 2. The van der Waals surface area contributed by atoms with Crippen molar-refractivity contribution in [2.24, 2.45) is 5.92 Å². The Labute approximate surface area is 151 Å². The smallest absolute Gasteiger partial charge is 0.315 e. The first-order chi connectivity index (χ1) is 12.3. The summed E-state index contributed by atoms with van der Waals surface area (Å²) < 4.78 is 24.5. The van der Waals surface area contributed by atoms with E-state index in [0.717, 1.165) is 0 Å². The van der Waals surface area contributed by atoms with E-state index >= 15 is 0 Å². The molecule has 1 fully saturated rings. The van der Waals surface area contributed by atoms with Gasteiger partial charge >= 0.3 is 12.0 Å². The molecule has 0 bridgehead atoms. The van der Waals surface area contributed by atoms with Gasteiger partial charge in [-0.3, -0.25) is 4.79 Å². The highest BCUT2D eigenvalue weighted by atomic mass is 19.1. The molecule has 8 heteroatoms. The summed E-state index contributed by atoms with van der Waals surface area (Å²) >= 11 is 0. The van der Waals surface area contributed by atoms with Crippen molar-refractivity contribution in [3.63, 3.8) is 0 Å². The van der Waals surface area contributed by atoms with Gasteiger partial charge in [-0.15, -0.1) is 0 Å². The van der Waals surface area contributed by atoms with Crippen molar-refractivity contribution >= 4 is 12.0 Å². The molecular weight excluding hydrogens is 343 g/mol. The third kappa shape index (κ3) is 4.77. The van der Waals surface area contributed by atoms with Crippen LogP contribution in [-0.2, 0) is 4.79 Å². The van der Waals surface area contributed by atoms with Crippen LogP contribution in [0.5, 0.6) is 11.5 Å². The molecule has 3 N–H and O–H groups in total. The molecule has 0 saturated heterocycles. The average Bonchev–Trinajstić information content (AvgIpc) is 2.61. The normalized spacial score (nSPS) is 20.8. The number of halogens is 1. The lowest BCUT2D eigenvalue weighted by atomic mass is 9.86. The molecule has 0 aliphatic heterocycles. The van der Waals surface area contributed by atoms with Crippen LogP contribution >= 0.6 is 0 Å². The van der Waals surface area contributed by atoms with Crippen molar-refractivity contribution in [3.8, 4) is 11.5 Å². The lowest BCUT2D eigenvalue weighted by Crippen LogP contribution is -2.44. The van der Waals surface area contributed by atoms with E-state index in [0.29, 0.717) is 31.4 Å². The van der Waals surface area contributed by atoms with Crippen LogP contribution in [0.15, 0.2) is 12.1 Å². The van der Waals surface area contributed by atoms with E-state index in [1.807, 2.05) is 0 Å². The highest BCUT2D eigenvalue weighted by Gasteiger charge is 2.27. The first kappa shape index (κ1) is 19.8. The Hall–Kier alpha value is -2.51. The molecule has 144 valence electrons. The first-order valence-corrected chi connectivity index (χ1v) is 8.57. The van der Waals surface area contributed by atoms with Crippen molar-refractivity contribution in [2.75, 3.05) is 14.2 Å². The summed E-state index contributed by atoms with van der Waals surface area (Å²) in [5.41, 5.74) is 0.285. The van der Waals surface area contributed by atoms with E-state index in [2.05, 4.69) is 10.6 Å². The van der Waals surface area contributed by atoms with Gasteiger partial charge in [-0.25, -0.2) is 9.18 Å². The first-order valence-electron chi connectivity index (χ1n) is 8.57. The van der Waals surface area contributed by atoms with E-state index in [1.54, 1.807) is 6.92 Å². The van der Waals surface area contributed by atoms with Gasteiger partial charge in [-0.2, -0.15) is 0 Å². The second-order valence-corrected chi connectivity index (χ2v) is 6.45. The number of hydrogen-bond donors (Lipinski definition) is 3. The SMILES string of the molecule is COc1cc(F)c(C(C)NC(=O)NC2CCC(C(=O)O)CC2)cc1OC. The molecule has 0 aromatic heterocycles. The van der Waals surface area contributed by atoms with Crippen molar-refractivity contribution in [3.05, 3.63) is 23.5 Å². The van der Waals surface area contributed by atoms with Crippen molar-refractivity contribution in [1.82, 2.24) is 10.6 Å². The molecule has 0 radical (unpaired) electrons. The number of carboxylic acids is 1. The lowest BCUT2D eigenvalue weighted by molar-refractivity contribution is -0.142. The summed E-state index contributed by atoms with van der Waals surface area (Å²) in [7, 11) is 2.88. The number of hydrogen-bond acceptors (Lipinski definition) is 4. The topological polar surface area (TPSA) is 96.9 Å². The molecule has 1 unspecified atom stereocenters. The third-order valence-electron chi connectivity index (χ3n) is 4.73. The molecule has 2 amide bonds. The molecule has 1 aromatic carbocycles. The minimum Gasteiger partial charge on any atom is -0.493 e. The molecule has 26 heavy (non-hydrogen) atoms. The van der Waals surface area contributed by atoms with Crippen molar-refractivity contribution in [1.29, 1.82) is 0 Å². The van der Waals surface area contributed by atoms with E-state index in [9.17, 15) is 14.0 Å². The number of urea groups is 1. The minimum absolute atomic E-state index is 0.0759. The zero-order valence-corrected chi connectivity index (χ0v) is 15.2. The molecule has 1 aliphatic carbocycles. The third-order valence-corrected chi connectivity index (χ3v) is 4.73. The minimum atomic E-state index is -0.787. The van der Waals surface area contributed by atoms with Gasteiger partial charge in [0.1, 0.15) is 5.82 Å². The Balaban J connectivity index is 1.94. The molecule has 2 rings (SSSR count).